The van der Waals surface area contributed by atoms with Crippen molar-refractivity contribution in [2.24, 2.45) is 5.18 Å². The first-order chi connectivity index (χ1) is 24.2. The maximum atomic E-state index is 14.2. The number of thiophene rings is 1. The number of hydrogen-bond donors (Lipinski definition) is 3. The van der Waals surface area contributed by atoms with Crippen molar-refractivity contribution in [3.63, 3.8) is 0 Å². The number of ether oxygens (including phenoxy) is 1. The summed E-state index contributed by atoms with van der Waals surface area (Å²) < 4.78 is 6.91. The maximum absolute atomic E-state index is 14.2. The number of aryl methyl sites for hydroxylation is 1. The van der Waals surface area contributed by atoms with Crippen LogP contribution in [0, 0.1) is 11.8 Å². The molecule has 0 aliphatic carbocycles. The summed E-state index contributed by atoms with van der Waals surface area (Å²) in [4.78, 5) is 63.4. The van der Waals surface area contributed by atoms with Gasteiger partial charge in [0.1, 0.15) is 17.1 Å². The smallest absolute Gasteiger partial charge is 0.409 e. The Kier molecular flexibility index (Phi) is 8.05. The van der Waals surface area contributed by atoms with Gasteiger partial charge in [-0.25, -0.2) is 4.79 Å². The SMILES string of the molecule is Cc1csc2c(OC(=O)N3CCN(C)CC3)cc3c(c12)C(CCl)CN3C(=O)c1cc2cc(NC(=O)c3cc4cc(N=O)ccc4[nH]3)ccc2[nH]1. The second-order valence-corrected chi connectivity index (χ2v) is 14.0. The van der Waals surface area contributed by atoms with Crippen molar-refractivity contribution in [2.75, 3.05) is 55.9 Å². The molecule has 3 N–H and O–H groups in total. The predicted molar refractivity (Wildman–Crippen MR) is 197 cm³/mol. The van der Waals surface area contributed by atoms with Crippen LogP contribution in [0.3, 0.4) is 0 Å². The highest BCUT2D eigenvalue weighted by atomic mass is 35.5. The third kappa shape index (κ3) is 5.56. The van der Waals surface area contributed by atoms with Crippen LogP contribution < -0.4 is 15.0 Å². The molecule has 8 rings (SSSR count). The number of aromatic nitrogens is 2. The summed E-state index contributed by atoms with van der Waals surface area (Å²) in [7, 11) is 2.03. The van der Waals surface area contributed by atoms with Crippen molar-refractivity contribution in [1.82, 2.24) is 19.8 Å². The van der Waals surface area contributed by atoms with Crippen LogP contribution in [0.1, 0.15) is 38.0 Å². The summed E-state index contributed by atoms with van der Waals surface area (Å²) in [6.07, 6.45) is -0.400. The van der Waals surface area contributed by atoms with E-state index >= 15 is 0 Å². The molecular weight excluding hydrogens is 678 g/mol. The van der Waals surface area contributed by atoms with Gasteiger partial charge in [0.25, 0.3) is 11.8 Å². The quantitative estimate of drug-likeness (QED) is 0.120. The Hall–Kier alpha value is -5.24. The number of halogens is 1. The Bertz CT molecular complexity index is 2360. The number of nitroso groups, excluding NO2 is 1. The molecule has 14 heteroatoms. The van der Waals surface area contributed by atoms with E-state index in [0.29, 0.717) is 64.9 Å². The van der Waals surface area contributed by atoms with Crippen molar-refractivity contribution < 1.29 is 19.1 Å². The van der Waals surface area contributed by atoms with Crippen LogP contribution in [-0.2, 0) is 0 Å². The van der Waals surface area contributed by atoms with E-state index in [9.17, 15) is 19.3 Å². The number of aromatic amines is 2. The minimum Gasteiger partial charge on any atom is -0.409 e. The first-order valence-corrected chi connectivity index (χ1v) is 17.6. The Balaban J connectivity index is 1.07. The lowest BCUT2D eigenvalue weighted by Crippen LogP contribution is -2.48. The molecule has 3 aromatic carbocycles. The molecule has 0 spiro atoms. The van der Waals surface area contributed by atoms with Gasteiger partial charge in [-0.15, -0.1) is 27.8 Å². The summed E-state index contributed by atoms with van der Waals surface area (Å²) in [5.74, 6) is 0.0510. The van der Waals surface area contributed by atoms with Gasteiger partial charge in [0.15, 0.2) is 5.75 Å². The van der Waals surface area contributed by atoms with Crippen LogP contribution in [0.4, 0.5) is 21.9 Å². The van der Waals surface area contributed by atoms with Crippen LogP contribution >= 0.6 is 22.9 Å². The number of fused-ring (bicyclic) bond motifs is 5. The van der Waals surface area contributed by atoms with E-state index < -0.39 is 6.09 Å². The second kappa shape index (κ2) is 12.6. The topological polar surface area (TPSA) is 143 Å². The van der Waals surface area contributed by atoms with Gasteiger partial charge in [-0.3, -0.25) is 9.59 Å². The highest BCUT2D eigenvalue weighted by Gasteiger charge is 2.37. The fourth-order valence-corrected chi connectivity index (χ4v) is 8.18. The normalized spacial score (nSPS) is 16.3. The minimum absolute atomic E-state index is 0.106. The highest BCUT2D eigenvalue weighted by molar-refractivity contribution is 7.17. The predicted octanol–water partition coefficient (Wildman–Crippen LogP) is 7.55. The Labute approximate surface area is 294 Å². The lowest BCUT2D eigenvalue weighted by atomic mass is 9.97. The zero-order chi connectivity index (χ0) is 34.7. The molecule has 5 heterocycles. The summed E-state index contributed by atoms with van der Waals surface area (Å²) in [6.45, 7) is 5.12. The summed E-state index contributed by atoms with van der Waals surface area (Å²) in [5, 5.41) is 10.3. The number of nitrogens with zero attached hydrogens (tertiary/aromatic N) is 4. The zero-order valence-electron chi connectivity index (χ0n) is 27.2. The van der Waals surface area contributed by atoms with Crippen molar-refractivity contribution in [1.29, 1.82) is 0 Å². The van der Waals surface area contributed by atoms with E-state index in [1.807, 2.05) is 31.5 Å². The number of piperazine rings is 1. The van der Waals surface area contributed by atoms with Gasteiger partial charge in [-0.05, 0) is 84.2 Å². The first kappa shape index (κ1) is 32.0. The Morgan fingerprint density at radius 3 is 2.46 bits per heavy atom. The summed E-state index contributed by atoms with van der Waals surface area (Å²) >= 11 is 8.04. The molecule has 0 radical (unpaired) electrons. The third-order valence-electron chi connectivity index (χ3n) is 9.57. The molecular formula is C36H32ClN7O5S. The van der Waals surface area contributed by atoms with Crippen molar-refractivity contribution in [3.05, 3.63) is 87.4 Å². The van der Waals surface area contributed by atoms with E-state index in [-0.39, 0.29) is 23.4 Å². The number of H-pyrrole nitrogens is 2. The van der Waals surface area contributed by atoms with Crippen LogP contribution in [0.5, 0.6) is 5.75 Å². The fourth-order valence-electron chi connectivity index (χ4n) is 6.91. The lowest BCUT2D eigenvalue weighted by molar-refractivity contribution is 0.0982. The van der Waals surface area contributed by atoms with Gasteiger partial charge in [-0.2, -0.15) is 0 Å². The number of anilines is 2. The number of rotatable bonds is 6. The number of hydrogen-bond acceptors (Lipinski definition) is 8. The van der Waals surface area contributed by atoms with Crippen molar-refractivity contribution >= 4 is 89.8 Å². The number of carbonyl (C=O) groups excluding carboxylic acids is 3. The molecule has 1 atom stereocenters. The Morgan fingerprint density at radius 1 is 0.980 bits per heavy atom. The average molecular weight is 710 g/mol. The van der Waals surface area contributed by atoms with E-state index in [2.05, 4.69) is 25.4 Å². The highest BCUT2D eigenvalue weighted by Crippen LogP contribution is 2.49. The van der Waals surface area contributed by atoms with Crippen LogP contribution in [0.15, 0.2) is 65.2 Å². The van der Waals surface area contributed by atoms with Crippen LogP contribution in [0.25, 0.3) is 31.9 Å². The van der Waals surface area contributed by atoms with Crippen molar-refractivity contribution in [3.8, 4) is 5.75 Å². The molecule has 254 valence electrons. The molecule has 1 saturated heterocycles. The van der Waals surface area contributed by atoms with Gasteiger partial charge in [-0.1, -0.05) is 0 Å². The summed E-state index contributed by atoms with van der Waals surface area (Å²) in [6, 6.07) is 15.5. The number of likely N-dealkylation sites (N-methyl/N-ethyl adjacent to an activating group) is 1. The van der Waals surface area contributed by atoms with E-state index in [1.165, 1.54) is 11.3 Å². The number of nitrogens with one attached hydrogen (secondary N) is 3. The number of alkyl halides is 1. The monoisotopic (exact) mass is 709 g/mol. The second-order valence-electron chi connectivity index (χ2n) is 12.8. The molecule has 6 aromatic rings. The molecule has 0 saturated carbocycles. The minimum atomic E-state index is -0.400. The molecule has 12 nitrogen and oxygen atoms in total. The largest absolute Gasteiger partial charge is 0.415 e. The number of benzene rings is 3. The van der Waals surface area contributed by atoms with Gasteiger partial charge < -0.3 is 34.7 Å². The standard InChI is InChI=1S/C36H32ClN7O5S/c1-19-18-50-33-30(49-36(47)43-9-7-42(2)8-10-43)15-29-32(31(19)33)22(16-37)17-44(29)35(46)28-14-20-11-23(3-5-26(20)40-28)38-34(45)27-13-21-12-24(41-48)4-6-25(21)39-27/h3-6,11-15,18,22,39-40H,7-10,16-17H2,1-2H3,(H,38,45). The van der Waals surface area contributed by atoms with Gasteiger partial charge >= 0.3 is 6.09 Å². The molecule has 1 unspecified atom stereocenters. The molecule has 50 heavy (non-hydrogen) atoms. The van der Waals surface area contributed by atoms with E-state index in [4.69, 9.17) is 16.3 Å². The molecule has 2 aliphatic rings. The molecule has 2 aliphatic heterocycles. The zero-order valence-corrected chi connectivity index (χ0v) is 28.8. The molecule has 0 bridgehead atoms. The van der Waals surface area contributed by atoms with Crippen molar-refractivity contribution in [2.45, 2.75) is 12.8 Å². The first-order valence-electron chi connectivity index (χ1n) is 16.2. The van der Waals surface area contributed by atoms with E-state index in [0.717, 1.165) is 45.2 Å². The maximum Gasteiger partial charge on any atom is 0.415 e. The number of amides is 3. The molecule has 1 fully saturated rings. The number of carbonyl (C=O) groups is 3. The lowest BCUT2D eigenvalue weighted by Gasteiger charge is -2.31. The summed E-state index contributed by atoms with van der Waals surface area (Å²) in [5.41, 5.74) is 5.67. The van der Waals surface area contributed by atoms with Gasteiger partial charge in [0, 0.05) is 83.5 Å². The van der Waals surface area contributed by atoms with Gasteiger partial charge in [0.2, 0.25) is 0 Å². The fraction of sp³-hybridized carbons (Fsp3) is 0.250. The van der Waals surface area contributed by atoms with Gasteiger partial charge in [0.05, 0.1) is 10.4 Å². The van der Waals surface area contributed by atoms with Crippen LogP contribution in [-0.4, -0.2) is 83.3 Å². The average Bonchev–Trinajstić information content (AvgIpc) is 3.91. The molecule has 3 aromatic heterocycles. The van der Waals surface area contributed by atoms with E-state index in [1.54, 1.807) is 52.3 Å². The van der Waals surface area contributed by atoms with Crippen LogP contribution in [0.2, 0.25) is 0 Å². The Morgan fingerprint density at radius 2 is 1.70 bits per heavy atom. The molecule has 3 amide bonds. The third-order valence-corrected chi connectivity index (χ3v) is 11.1.